The first-order valence-corrected chi connectivity index (χ1v) is 8.95. The number of carbonyl (C=O) groups is 2. The summed E-state index contributed by atoms with van der Waals surface area (Å²) in [5, 5.41) is 11.5. The highest BCUT2D eigenvalue weighted by Crippen LogP contribution is 2.37. The second kappa shape index (κ2) is 9.08. The van der Waals surface area contributed by atoms with E-state index in [1.807, 2.05) is 20.8 Å². The number of carbonyl (C=O) groups excluding carboxylic acids is 1. The highest BCUT2D eigenvalue weighted by Gasteiger charge is 2.34. The van der Waals surface area contributed by atoms with Crippen LogP contribution in [0.5, 0.6) is 0 Å². The first-order chi connectivity index (χ1) is 9.94. The van der Waals surface area contributed by atoms with E-state index in [0.29, 0.717) is 0 Å². The molecule has 0 saturated carbocycles. The van der Waals surface area contributed by atoms with Crippen molar-refractivity contribution in [2.24, 2.45) is 11.8 Å². The highest BCUT2D eigenvalue weighted by molar-refractivity contribution is 7.51. The predicted octanol–water partition coefficient (Wildman–Crippen LogP) is 1.75. The van der Waals surface area contributed by atoms with E-state index in [2.05, 4.69) is 11.4 Å². The number of nitrogens with one attached hydrogen (secondary N) is 1. The van der Waals surface area contributed by atoms with Gasteiger partial charge in [0.1, 0.15) is 5.92 Å². The predicted molar refractivity (Wildman–Crippen MR) is 83.5 cm³/mol. The first-order valence-electron chi connectivity index (χ1n) is 7.15. The minimum atomic E-state index is -4.57. The van der Waals surface area contributed by atoms with E-state index in [1.165, 1.54) is 5.57 Å². The van der Waals surface area contributed by atoms with Crippen LogP contribution in [0.3, 0.4) is 0 Å². The lowest BCUT2D eigenvalue weighted by molar-refractivity contribution is -0.146. The zero-order chi connectivity index (χ0) is 17.5. The molecule has 0 radical (unpaired) electrons. The van der Waals surface area contributed by atoms with Crippen LogP contribution in [0, 0.1) is 11.8 Å². The Bertz CT molecular complexity index is 466. The topological polar surface area (TPSA) is 124 Å². The van der Waals surface area contributed by atoms with Crippen molar-refractivity contribution in [2.45, 2.75) is 46.6 Å². The van der Waals surface area contributed by atoms with Crippen LogP contribution in [0.15, 0.2) is 11.6 Å². The Labute approximate surface area is 131 Å². The maximum atomic E-state index is 11.9. The van der Waals surface area contributed by atoms with Gasteiger partial charge >= 0.3 is 13.6 Å². The van der Waals surface area contributed by atoms with E-state index < -0.39 is 31.6 Å². The van der Waals surface area contributed by atoms with Gasteiger partial charge in [-0.25, -0.2) is 0 Å². The van der Waals surface area contributed by atoms with Crippen molar-refractivity contribution in [1.29, 1.82) is 0 Å². The number of hydrogen-bond donors (Lipinski definition) is 4. The maximum Gasteiger partial charge on any atom is 0.326 e. The Morgan fingerprint density at radius 1 is 1.23 bits per heavy atom. The molecule has 0 rings (SSSR count). The quantitative estimate of drug-likeness (QED) is 0.289. The van der Waals surface area contributed by atoms with Gasteiger partial charge in [0, 0.05) is 6.04 Å². The van der Waals surface area contributed by atoms with Crippen molar-refractivity contribution in [3.63, 3.8) is 0 Å². The molecule has 0 heterocycles. The fourth-order valence-corrected chi connectivity index (χ4v) is 2.66. The number of amides is 1. The molecule has 0 spiro atoms. The molecule has 1 amide bonds. The number of rotatable bonds is 9. The second-order valence-corrected chi connectivity index (χ2v) is 7.57. The molecule has 0 bridgehead atoms. The van der Waals surface area contributed by atoms with Gasteiger partial charge in [-0.1, -0.05) is 18.6 Å². The van der Waals surface area contributed by atoms with Crippen LogP contribution in [-0.2, 0) is 14.2 Å². The molecule has 128 valence electrons. The van der Waals surface area contributed by atoms with E-state index in [1.54, 1.807) is 6.92 Å². The minimum Gasteiger partial charge on any atom is -0.481 e. The molecule has 0 aromatic rings. The lowest BCUT2D eigenvalue weighted by Crippen LogP contribution is -2.44. The summed E-state index contributed by atoms with van der Waals surface area (Å²) in [6.45, 7) is 7.68. The van der Waals surface area contributed by atoms with Crippen molar-refractivity contribution in [1.82, 2.24) is 5.32 Å². The molecule has 8 heteroatoms. The molecule has 3 unspecified atom stereocenters. The summed E-state index contributed by atoms with van der Waals surface area (Å²) < 4.78 is 10.9. The summed E-state index contributed by atoms with van der Waals surface area (Å²) in [7, 11) is -4.57. The van der Waals surface area contributed by atoms with Gasteiger partial charge in [0.2, 0.25) is 5.91 Å². The standard InChI is InChI=1S/C14H26NO6P/c1-9(2)6-5-7-10(3)11(4)15-13(16)12(14(17)18)8-22(19,20)21/h6,10-12H,5,7-8H2,1-4H3,(H,15,16)(H,17,18)(H2,19,20,21). The van der Waals surface area contributed by atoms with E-state index in [-0.39, 0.29) is 12.0 Å². The van der Waals surface area contributed by atoms with Crippen LogP contribution in [-0.4, -0.2) is 39.0 Å². The molecule has 0 aliphatic rings. The lowest BCUT2D eigenvalue weighted by Gasteiger charge is -2.23. The lowest BCUT2D eigenvalue weighted by atomic mass is 9.96. The normalized spacial score (nSPS) is 15.5. The summed E-state index contributed by atoms with van der Waals surface area (Å²) in [6, 6.07) is -0.281. The fraction of sp³-hybridized carbons (Fsp3) is 0.714. The monoisotopic (exact) mass is 335 g/mol. The van der Waals surface area contributed by atoms with Gasteiger partial charge in [0.15, 0.2) is 0 Å². The Morgan fingerprint density at radius 2 is 1.77 bits per heavy atom. The third-order valence-corrected chi connectivity index (χ3v) is 4.27. The second-order valence-electron chi connectivity index (χ2n) is 5.87. The number of carboxylic acids is 1. The highest BCUT2D eigenvalue weighted by atomic mass is 31.2. The summed E-state index contributed by atoms with van der Waals surface area (Å²) in [5.41, 5.74) is 1.21. The van der Waals surface area contributed by atoms with Gasteiger partial charge in [-0.05, 0) is 39.5 Å². The summed E-state index contributed by atoms with van der Waals surface area (Å²) in [6.07, 6.45) is 2.77. The number of aliphatic carboxylic acids is 1. The SMILES string of the molecule is CC(C)=CCCC(C)C(C)NC(=O)C(CP(=O)(O)O)C(=O)O. The zero-order valence-corrected chi connectivity index (χ0v) is 14.3. The van der Waals surface area contributed by atoms with Crippen molar-refractivity contribution in [3.05, 3.63) is 11.6 Å². The van der Waals surface area contributed by atoms with Gasteiger partial charge in [-0.3, -0.25) is 14.2 Å². The smallest absolute Gasteiger partial charge is 0.326 e. The molecule has 3 atom stereocenters. The number of carboxylic acid groups (broad SMARTS) is 1. The van der Waals surface area contributed by atoms with E-state index in [9.17, 15) is 14.2 Å². The first kappa shape index (κ1) is 20.8. The molecular formula is C14H26NO6P. The van der Waals surface area contributed by atoms with E-state index in [0.717, 1.165) is 12.8 Å². The van der Waals surface area contributed by atoms with E-state index >= 15 is 0 Å². The zero-order valence-electron chi connectivity index (χ0n) is 13.4. The maximum absolute atomic E-state index is 11.9. The molecule has 7 nitrogen and oxygen atoms in total. The summed E-state index contributed by atoms with van der Waals surface area (Å²) in [4.78, 5) is 40.6. The Balaban J connectivity index is 4.62. The van der Waals surface area contributed by atoms with E-state index in [4.69, 9.17) is 14.9 Å². The summed E-state index contributed by atoms with van der Waals surface area (Å²) in [5.74, 6) is -4.03. The van der Waals surface area contributed by atoms with Crippen LogP contribution in [0.2, 0.25) is 0 Å². The molecule has 0 aromatic heterocycles. The third-order valence-electron chi connectivity index (χ3n) is 3.43. The van der Waals surface area contributed by atoms with Crippen LogP contribution >= 0.6 is 7.60 Å². The summed E-state index contributed by atoms with van der Waals surface area (Å²) >= 11 is 0. The van der Waals surface area contributed by atoms with Crippen molar-refractivity contribution < 1.29 is 29.0 Å². The molecular weight excluding hydrogens is 309 g/mol. The number of hydrogen-bond acceptors (Lipinski definition) is 3. The Hall–Kier alpha value is -1.17. The van der Waals surface area contributed by atoms with Crippen molar-refractivity contribution in [2.75, 3.05) is 6.16 Å². The molecule has 0 saturated heterocycles. The fourth-order valence-electron chi connectivity index (χ4n) is 1.86. The Kier molecular flexibility index (Phi) is 8.60. The van der Waals surface area contributed by atoms with Crippen LogP contribution in [0.4, 0.5) is 0 Å². The Morgan fingerprint density at radius 3 is 2.18 bits per heavy atom. The minimum absolute atomic E-state index is 0.115. The molecule has 0 fully saturated rings. The molecule has 4 N–H and O–H groups in total. The van der Waals surface area contributed by atoms with Crippen LogP contribution in [0.25, 0.3) is 0 Å². The van der Waals surface area contributed by atoms with Crippen molar-refractivity contribution >= 4 is 19.5 Å². The van der Waals surface area contributed by atoms with Gasteiger partial charge in [-0.2, -0.15) is 0 Å². The van der Waals surface area contributed by atoms with Gasteiger partial charge < -0.3 is 20.2 Å². The van der Waals surface area contributed by atoms with Gasteiger partial charge in [0.25, 0.3) is 0 Å². The third kappa shape index (κ3) is 8.97. The molecule has 0 aliphatic heterocycles. The molecule has 0 aliphatic carbocycles. The van der Waals surface area contributed by atoms with Gasteiger partial charge in [-0.15, -0.1) is 0 Å². The molecule has 0 aromatic carbocycles. The number of allylic oxidation sites excluding steroid dienone is 2. The van der Waals surface area contributed by atoms with Gasteiger partial charge in [0.05, 0.1) is 6.16 Å². The average molecular weight is 335 g/mol. The van der Waals surface area contributed by atoms with Crippen LogP contribution in [0.1, 0.15) is 40.5 Å². The van der Waals surface area contributed by atoms with Crippen molar-refractivity contribution in [3.8, 4) is 0 Å². The average Bonchev–Trinajstić information content (AvgIpc) is 2.33. The molecule has 22 heavy (non-hydrogen) atoms. The largest absolute Gasteiger partial charge is 0.481 e. The van der Waals surface area contributed by atoms with Crippen LogP contribution < -0.4 is 5.32 Å².